The van der Waals surface area contributed by atoms with E-state index in [4.69, 9.17) is 0 Å². The molecule has 0 saturated carbocycles. The van der Waals surface area contributed by atoms with E-state index in [1.54, 1.807) is 0 Å². The molecule has 2 aromatic rings. The number of hydrogen-bond acceptors (Lipinski definition) is 1. The van der Waals surface area contributed by atoms with Gasteiger partial charge in [0.05, 0.1) is 13.1 Å². The Balaban J connectivity index is 2.02. The maximum absolute atomic E-state index is 12.9. The first kappa shape index (κ1) is 17.2. The van der Waals surface area contributed by atoms with Gasteiger partial charge in [-0.2, -0.15) is 0 Å². The van der Waals surface area contributed by atoms with E-state index in [9.17, 15) is 9.18 Å². The standard InChI is InChI=1S/C19H23FN2O/c1-3-22(4-2)14-17-8-6-5-7-16(17)13-21-19(23)15-9-11-18(20)12-10-15/h5-12H,3-4,13-14H2,1-2H3,(H,21,23)/p+1. The third-order valence-corrected chi connectivity index (χ3v) is 4.10. The highest BCUT2D eigenvalue weighted by Gasteiger charge is 2.10. The molecule has 0 bridgehead atoms. The Labute approximate surface area is 137 Å². The van der Waals surface area contributed by atoms with E-state index in [1.165, 1.54) is 34.7 Å². The zero-order valence-electron chi connectivity index (χ0n) is 13.7. The van der Waals surface area contributed by atoms with Gasteiger partial charge in [-0.05, 0) is 43.7 Å². The van der Waals surface area contributed by atoms with Gasteiger partial charge in [0.25, 0.3) is 5.91 Å². The van der Waals surface area contributed by atoms with Gasteiger partial charge in [-0.15, -0.1) is 0 Å². The van der Waals surface area contributed by atoms with Crippen molar-refractivity contribution < 1.29 is 14.1 Å². The normalized spacial score (nSPS) is 10.8. The first-order chi connectivity index (χ1) is 11.1. The fourth-order valence-electron chi connectivity index (χ4n) is 2.55. The van der Waals surface area contributed by atoms with E-state index in [2.05, 4.69) is 25.2 Å². The molecular weight excluding hydrogens is 291 g/mol. The molecule has 0 aliphatic heterocycles. The quantitative estimate of drug-likeness (QED) is 0.807. The zero-order valence-corrected chi connectivity index (χ0v) is 13.7. The maximum Gasteiger partial charge on any atom is 0.251 e. The smallest absolute Gasteiger partial charge is 0.251 e. The molecule has 122 valence electrons. The highest BCUT2D eigenvalue weighted by atomic mass is 19.1. The molecule has 0 aliphatic rings. The molecular formula is C19H24FN2O+. The SMILES string of the molecule is CC[NH+](CC)Cc1ccccc1CNC(=O)c1ccc(F)cc1. The van der Waals surface area contributed by atoms with Gasteiger partial charge >= 0.3 is 0 Å². The number of amides is 1. The number of carbonyl (C=O) groups excluding carboxylic acids is 1. The number of benzene rings is 2. The Morgan fingerprint density at radius 1 is 1.00 bits per heavy atom. The molecule has 0 atom stereocenters. The molecule has 0 spiro atoms. The van der Waals surface area contributed by atoms with Gasteiger partial charge in [-0.25, -0.2) is 4.39 Å². The van der Waals surface area contributed by atoms with Gasteiger partial charge in [0.2, 0.25) is 0 Å². The van der Waals surface area contributed by atoms with Crippen molar-refractivity contribution >= 4 is 5.91 Å². The molecule has 0 aromatic heterocycles. The van der Waals surface area contributed by atoms with Crippen LogP contribution in [-0.2, 0) is 13.1 Å². The van der Waals surface area contributed by atoms with Crippen LogP contribution in [0.4, 0.5) is 4.39 Å². The topological polar surface area (TPSA) is 33.5 Å². The van der Waals surface area contributed by atoms with Crippen LogP contribution in [0.3, 0.4) is 0 Å². The molecule has 0 heterocycles. The van der Waals surface area contributed by atoms with Crippen molar-refractivity contribution in [1.82, 2.24) is 5.32 Å². The minimum atomic E-state index is -0.339. The Morgan fingerprint density at radius 2 is 1.61 bits per heavy atom. The average molecular weight is 315 g/mol. The average Bonchev–Trinajstić information content (AvgIpc) is 2.59. The Morgan fingerprint density at radius 3 is 2.22 bits per heavy atom. The first-order valence-corrected chi connectivity index (χ1v) is 8.08. The number of carbonyl (C=O) groups is 1. The number of halogens is 1. The summed E-state index contributed by atoms with van der Waals surface area (Å²) < 4.78 is 12.9. The third-order valence-electron chi connectivity index (χ3n) is 4.10. The fourth-order valence-corrected chi connectivity index (χ4v) is 2.55. The van der Waals surface area contributed by atoms with Crippen LogP contribution in [0.1, 0.15) is 35.3 Å². The highest BCUT2D eigenvalue weighted by molar-refractivity contribution is 5.94. The predicted molar refractivity (Wildman–Crippen MR) is 89.8 cm³/mol. The largest absolute Gasteiger partial charge is 0.348 e. The summed E-state index contributed by atoms with van der Waals surface area (Å²) in [7, 11) is 0. The van der Waals surface area contributed by atoms with Crippen LogP contribution in [-0.4, -0.2) is 19.0 Å². The summed E-state index contributed by atoms with van der Waals surface area (Å²) in [5.41, 5.74) is 2.85. The lowest BCUT2D eigenvalue weighted by Gasteiger charge is -2.18. The van der Waals surface area contributed by atoms with E-state index in [-0.39, 0.29) is 11.7 Å². The highest BCUT2D eigenvalue weighted by Crippen LogP contribution is 2.08. The Hall–Kier alpha value is -2.20. The van der Waals surface area contributed by atoms with Crippen molar-refractivity contribution in [3.05, 3.63) is 71.0 Å². The fraction of sp³-hybridized carbons (Fsp3) is 0.316. The van der Waals surface area contributed by atoms with E-state index in [0.29, 0.717) is 12.1 Å². The second-order valence-corrected chi connectivity index (χ2v) is 5.59. The van der Waals surface area contributed by atoms with Crippen molar-refractivity contribution in [1.29, 1.82) is 0 Å². The van der Waals surface area contributed by atoms with Crippen LogP contribution < -0.4 is 10.2 Å². The molecule has 2 N–H and O–H groups in total. The lowest BCUT2D eigenvalue weighted by Crippen LogP contribution is -3.10. The Bertz CT molecular complexity index is 636. The summed E-state index contributed by atoms with van der Waals surface area (Å²) in [5, 5.41) is 2.91. The van der Waals surface area contributed by atoms with Gasteiger partial charge in [-0.3, -0.25) is 4.79 Å². The van der Waals surface area contributed by atoms with Gasteiger partial charge in [-0.1, -0.05) is 24.3 Å². The van der Waals surface area contributed by atoms with Crippen molar-refractivity contribution in [2.24, 2.45) is 0 Å². The number of quaternary nitrogens is 1. The lowest BCUT2D eigenvalue weighted by molar-refractivity contribution is -0.910. The monoisotopic (exact) mass is 315 g/mol. The predicted octanol–water partition coefficient (Wildman–Crippen LogP) is 2.18. The summed E-state index contributed by atoms with van der Waals surface area (Å²) in [6, 6.07) is 13.8. The Kier molecular flexibility index (Phi) is 6.29. The van der Waals surface area contributed by atoms with Gasteiger partial charge in [0.15, 0.2) is 0 Å². The molecule has 0 fully saturated rings. The molecule has 2 aromatic carbocycles. The van der Waals surface area contributed by atoms with Crippen LogP contribution in [0.25, 0.3) is 0 Å². The van der Waals surface area contributed by atoms with E-state index < -0.39 is 0 Å². The molecule has 0 radical (unpaired) electrons. The molecule has 4 heteroatoms. The van der Waals surface area contributed by atoms with Crippen LogP contribution in [0.5, 0.6) is 0 Å². The van der Waals surface area contributed by atoms with Crippen LogP contribution in [0, 0.1) is 5.82 Å². The zero-order chi connectivity index (χ0) is 16.7. The van der Waals surface area contributed by atoms with Crippen molar-refractivity contribution in [3.63, 3.8) is 0 Å². The second-order valence-electron chi connectivity index (χ2n) is 5.59. The van der Waals surface area contributed by atoms with Crippen molar-refractivity contribution in [3.8, 4) is 0 Å². The summed E-state index contributed by atoms with van der Waals surface area (Å²) in [5.74, 6) is -0.524. The number of rotatable bonds is 7. The van der Waals surface area contributed by atoms with Crippen LogP contribution in [0.2, 0.25) is 0 Å². The summed E-state index contributed by atoms with van der Waals surface area (Å²) in [6.07, 6.45) is 0. The van der Waals surface area contributed by atoms with Gasteiger partial charge in [0.1, 0.15) is 12.4 Å². The molecule has 23 heavy (non-hydrogen) atoms. The van der Waals surface area contributed by atoms with Gasteiger partial charge in [0, 0.05) is 17.7 Å². The second kappa shape index (κ2) is 8.44. The van der Waals surface area contributed by atoms with Crippen molar-refractivity contribution in [2.75, 3.05) is 13.1 Å². The van der Waals surface area contributed by atoms with Crippen LogP contribution >= 0.6 is 0 Å². The van der Waals surface area contributed by atoms with Crippen LogP contribution in [0.15, 0.2) is 48.5 Å². The van der Waals surface area contributed by atoms with E-state index in [0.717, 1.165) is 25.2 Å². The molecule has 3 nitrogen and oxygen atoms in total. The summed E-state index contributed by atoms with van der Waals surface area (Å²) in [6.45, 7) is 7.94. The number of hydrogen-bond donors (Lipinski definition) is 2. The summed E-state index contributed by atoms with van der Waals surface area (Å²) >= 11 is 0. The minimum absolute atomic E-state index is 0.185. The van der Waals surface area contributed by atoms with Crippen molar-refractivity contribution in [2.45, 2.75) is 26.9 Å². The van der Waals surface area contributed by atoms with E-state index in [1.807, 2.05) is 18.2 Å². The molecule has 0 unspecified atom stereocenters. The minimum Gasteiger partial charge on any atom is -0.348 e. The summed E-state index contributed by atoms with van der Waals surface area (Å²) in [4.78, 5) is 13.6. The van der Waals surface area contributed by atoms with Gasteiger partial charge < -0.3 is 10.2 Å². The third kappa shape index (κ3) is 4.89. The molecule has 1 amide bonds. The van der Waals surface area contributed by atoms with E-state index >= 15 is 0 Å². The first-order valence-electron chi connectivity index (χ1n) is 8.08. The molecule has 0 aliphatic carbocycles. The molecule has 2 rings (SSSR count). The number of nitrogens with one attached hydrogen (secondary N) is 2. The maximum atomic E-state index is 12.9. The lowest BCUT2D eigenvalue weighted by atomic mass is 10.1. The molecule has 0 saturated heterocycles.